The summed E-state index contributed by atoms with van der Waals surface area (Å²) in [6.45, 7) is 9.58. The van der Waals surface area contributed by atoms with E-state index in [4.69, 9.17) is 4.74 Å². The second-order valence-corrected chi connectivity index (χ2v) is 4.34. The lowest BCUT2D eigenvalue weighted by atomic mass is 9.97. The molecule has 102 valence electrons. The quantitative estimate of drug-likeness (QED) is 0.597. The van der Waals surface area contributed by atoms with Gasteiger partial charge in [0.1, 0.15) is 5.54 Å². The molecule has 2 N–H and O–H groups in total. The highest BCUT2D eigenvalue weighted by Gasteiger charge is 2.31. The zero-order chi connectivity index (χ0) is 13.3. The summed E-state index contributed by atoms with van der Waals surface area (Å²) in [5.74, 6) is -0.790. The molecule has 17 heavy (non-hydrogen) atoms. The minimum atomic E-state index is -0.838. The van der Waals surface area contributed by atoms with E-state index in [1.54, 1.807) is 14.0 Å². The van der Waals surface area contributed by atoms with Crippen molar-refractivity contribution in [2.24, 2.45) is 0 Å². The van der Waals surface area contributed by atoms with E-state index < -0.39 is 11.5 Å². The molecule has 0 spiro atoms. The van der Waals surface area contributed by atoms with E-state index in [1.165, 1.54) is 0 Å². The molecule has 0 saturated heterocycles. The van der Waals surface area contributed by atoms with Gasteiger partial charge >= 0.3 is 5.97 Å². The van der Waals surface area contributed by atoms with Crippen molar-refractivity contribution in [2.45, 2.75) is 32.7 Å². The number of carboxylic acids is 1. The molecule has 0 rings (SSSR count). The number of aliphatic carboxylic acids is 1. The fourth-order valence-corrected chi connectivity index (χ4v) is 1.69. The van der Waals surface area contributed by atoms with E-state index in [2.05, 4.69) is 17.1 Å². The summed E-state index contributed by atoms with van der Waals surface area (Å²) in [7, 11) is 1.67. The molecule has 0 amide bonds. The summed E-state index contributed by atoms with van der Waals surface area (Å²) in [6, 6.07) is 0. The number of carbonyl (C=O) groups is 1. The molecule has 0 saturated carbocycles. The van der Waals surface area contributed by atoms with Gasteiger partial charge in [-0.05, 0) is 26.4 Å². The molecule has 0 aromatic heterocycles. The number of rotatable bonds is 10. The molecule has 1 unspecified atom stereocenters. The fourth-order valence-electron chi connectivity index (χ4n) is 1.69. The predicted molar refractivity (Wildman–Crippen MR) is 68.3 cm³/mol. The normalized spacial score (nSPS) is 14.9. The van der Waals surface area contributed by atoms with Crippen molar-refractivity contribution < 1.29 is 14.6 Å². The van der Waals surface area contributed by atoms with Gasteiger partial charge < -0.3 is 20.1 Å². The summed E-state index contributed by atoms with van der Waals surface area (Å²) < 4.78 is 5.03. The number of hydrogen-bond donors (Lipinski definition) is 2. The van der Waals surface area contributed by atoms with Gasteiger partial charge in [-0.2, -0.15) is 0 Å². The SMILES string of the molecule is CCNC(C)(CCN(CC)CCOC)C(=O)O. The predicted octanol–water partition coefficient (Wildman–Crippen LogP) is 0.798. The standard InChI is InChI=1S/C12H26N2O3/c1-5-13-12(3,11(15)16)7-8-14(6-2)9-10-17-4/h13H,5-10H2,1-4H3,(H,15,16). The molecule has 0 aromatic rings. The van der Waals surface area contributed by atoms with Crippen molar-refractivity contribution in [2.75, 3.05) is 39.9 Å². The van der Waals surface area contributed by atoms with Crippen LogP contribution in [0.25, 0.3) is 0 Å². The molecule has 5 nitrogen and oxygen atoms in total. The van der Waals surface area contributed by atoms with Crippen molar-refractivity contribution in [1.29, 1.82) is 0 Å². The number of ether oxygens (including phenoxy) is 1. The van der Waals surface area contributed by atoms with Crippen molar-refractivity contribution >= 4 is 5.97 Å². The molecule has 1 atom stereocenters. The number of carboxylic acid groups (broad SMARTS) is 1. The summed E-state index contributed by atoms with van der Waals surface area (Å²) in [5, 5.41) is 12.3. The van der Waals surface area contributed by atoms with Gasteiger partial charge in [0.2, 0.25) is 0 Å². The Labute approximate surface area is 104 Å². The number of nitrogens with one attached hydrogen (secondary N) is 1. The Bertz CT molecular complexity index is 224. The molecule has 0 aliphatic heterocycles. The maximum atomic E-state index is 11.2. The second-order valence-electron chi connectivity index (χ2n) is 4.34. The lowest BCUT2D eigenvalue weighted by Gasteiger charge is -2.29. The summed E-state index contributed by atoms with van der Waals surface area (Å²) >= 11 is 0. The first kappa shape index (κ1) is 16.4. The maximum Gasteiger partial charge on any atom is 0.323 e. The van der Waals surface area contributed by atoms with E-state index in [0.717, 1.165) is 19.6 Å². The van der Waals surface area contributed by atoms with Crippen LogP contribution >= 0.6 is 0 Å². The van der Waals surface area contributed by atoms with Gasteiger partial charge in [0.15, 0.2) is 0 Å². The van der Waals surface area contributed by atoms with Gasteiger partial charge in [-0.15, -0.1) is 0 Å². The molecule has 0 fully saturated rings. The number of likely N-dealkylation sites (N-methyl/N-ethyl adjacent to an activating group) is 2. The van der Waals surface area contributed by atoms with Crippen LogP contribution in [0, 0.1) is 0 Å². The average molecular weight is 246 g/mol. The summed E-state index contributed by atoms with van der Waals surface area (Å²) in [6.07, 6.45) is 0.591. The Balaban J connectivity index is 4.22. The van der Waals surface area contributed by atoms with E-state index >= 15 is 0 Å². The Kier molecular flexibility index (Phi) is 8.12. The largest absolute Gasteiger partial charge is 0.480 e. The molecule has 5 heteroatoms. The smallest absolute Gasteiger partial charge is 0.323 e. The Morgan fingerprint density at radius 3 is 2.47 bits per heavy atom. The van der Waals surface area contributed by atoms with Crippen LogP contribution in [0.2, 0.25) is 0 Å². The Hall–Kier alpha value is -0.650. The highest BCUT2D eigenvalue weighted by molar-refractivity contribution is 5.78. The highest BCUT2D eigenvalue weighted by Crippen LogP contribution is 2.11. The van der Waals surface area contributed by atoms with E-state index in [-0.39, 0.29) is 0 Å². The first-order valence-electron chi connectivity index (χ1n) is 6.19. The monoisotopic (exact) mass is 246 g/mol. The van der Waals surface area contributed by atoms with E-state index in [9.17, 15) is 9.90 Å². The molecular weight excluding hydrogens is 220 g/mol. The van der Waals surface area contributed by atoms with Gasteiger partial charge in [-0.3, -0.25) is 4.79 Å². The fraction of sp³-hybridized carbons (Fsp3) is 0.917. The van der Waals surface area contributed by atoms with Crippen LogP contribution in [0.3, 0.4) is 0 Å². The molecule has 0 aliphatic rings. The Morgan fingerprint density at radius 2 is 2.06 bits per heavy atom. The van der Waals surface area contributed by atoms with Crippen LogP contribution in [-0.2, 0) is 9.53 Å². The minimum Gasteiger partial charge on any atom is -0.480 e. The van der Waals surface area contributed by atoms with Crippen LogP contribution < -0.4 is 5.32 Å². The molecular formula is C12H26N2O3. The molecule has 0 bridgehead atoms. The molecule has 0 aliphatic carbocycles. The number of methoxy groups -OCH3 is 1. The lowest BCUT2D eigenvalue weighted by Crippen LogP contribution is -2.51. The van der Waals surface area contributed by atoms with Gasteiger partial charge in [0, 0.05) is 20.2 Å². The van der Waals surface area contributed by atoms with Crippen LogP contribution in [0.5, 0.6) is 0 Å². The third kappa shape index (κ3) is 6.00. The van der Waals surface area contributed by atoms with Crippen molar-refractivity contribution in [3.8, 4) is 0 Å². The van der Waals surface area contributed by atoms with E-state index in [1.807, 2.05) is 6.92 Å². The van der Waals surface area contributed by atoms with Gasteiger partial charge in [0.25, 0.3) is 0 Å². The average Bonchev–Trinajstić information content (AvgIpc) is 2.29. The third-order valence-electron chi connectivity index (χ3n) is 3.03. The zero-order valence-corrected chi connectivity index (χ0v) is 11.5. The van der Waals surface area contributed by atoms with Crippen molar-refractivity contribution in [3.05, 3.63) is 0 Å². The number of hydrogen-bond acceptors (Lipinski definition) is 4. The van der Waals surface area contributed by atoms with Gasteiger partial charge in [-0.25, -0.2) is 0 Å². The van der Waals surface area contributed by atoms with Crippen LogP contribution in [-0.4, -0.2) is 61.4 Å². The van der Waals surface area contributed by atoms with Crippen LogP contribution in [0.1, 0.15) is 27.2 Å². The molecule has 0 radical (unpaired) electrons. The first-order chi connectivity index (χ1) is 8.00. The van der Waals surface area contributed by atoms with Crippen molar-refractivity contribution in [3.63, 3.8) is 0 Å². The van der Waals surface area contributed by atoms with Crippen molar-refractivity contribution in [1.82, 2.24) is 10.2 Å². The first-order valence-corrected chi connectivity index (χ1v) is 6.19. The summed E-state index contributed by atoms with van der Waals surface area (Å²) in [4.78, 5) is 13.4. The lowest BCUT2D eigenvalue weighted by molar-refractivity contribution is -0.144. The molecule has 0 heterocycles. The number of nitrogens with zero attached hydrogens (tertiary/aromatic N) is 1. The summed E-state index contributed by atoms with van der Waals surface area (Å²) in [5.41, 5.74) is -0.838. The second kappa shape index (κ2) is 8.44. The zero-order valence-electron chi connectivity index (χ0n) is 11.5. The topological polar surface area (TPSA) is 61.8 Å². The Morgan fingerprint density at radius 1 is 1.41 bits per heavy atom. The van der Waals surface area contributed by atoms with Gasteiger partial charge in [-0.1, -0.05) is 13.8 Å². The van der Waals surface area contributed by atoms with Gasteiger partial charge in [0.05, 0.1) is 6.61 Å². The highest BCUT2D eigenvalue weighted by atomic mass is 16.5. The van der Waals surface area contributed by atoms with Crippen LogP contribution in [0.15, 0.2) is 0 Å². The van der Waals surface area contributed by atoms with Crippen LogP contribution in [0.4, 0.5) is 0 Å². The third-order valence-corrected chi connectivity index (χ3v) is 3.03. The molecule has 0 aromatic carbocycles. The van der Waals surface area contributed by atoms with E-state index in [0.29, 0.717) is 19.6 Å². The maximum absolute atomic E-state index is 11.2. The minimum absolute atomic E-state index is 0.591.